The van der Waals surface area contributed by atoms with Gasteiger partial charge in [0.2, 0.25) is 6.20 Å². The number of hydrogen-bond acceptors (Lipinski definition) is 4. The van der Waals surface area contributed by atoms with Gasteiger partial charge in [0.15, 0.2) is 5.17 Å². The third kappa shape index (κ3) is 6.00. The quantitative estimate of drug-likeness (QED) is 0.297. The van der Waals surface area contributed by atoms with Crippen molar-refractivity contribution in [2.75, 3.05) is 5.75 Å². The summed E-state index contributed by atoms with van der Waals surface area (Å²) in [5, 5.41) is 11.0. The highest BCUT2D eigenvalue weighted by atomic mass is 32.2. The van der Waals surface area contributed by atoms with Gasteiger partial charge in [-0.15, -0.1) is 18.3 Å². The predicted molar refractivity (Wildman–Crippen MR) is 72.3 cm³/mol. The first-order valence-corrected chi connectivity index (χ1v) is 6.86. The molecule has 0 bridgehead atoms. The lowest BCUT2D eigenvalue weighted by Gasteiger charge is -1.97. The van der Waals surface area contributed by atoms with E-state index in [0.717, 1.165) is 31.0 Å². The molecule has 0 amide bonds. The van der Waals surface area contributed by atoms with E-state index < -0.39 is 6.30 Å². The van der Waals surface area contributed by atoms with Gasteiger partial charge < -0.3 is 5.73 Å². The SMILES string of the molecule is CCCCS/C(N)=N\N=C\c1cc[n+](C(F)(F)F)nc1. The van der Waals surface area contributed by atoms with E-state index in [1.165, 1.54) is 24.0 Å². The van der Waals surface area contributed by atoms with Crippen molar-refractivity contribution in [3.05, 3.63) is 24.0 Å². The van der Waals surface area contributed by atoms with Gasteiger partial charge in [0.1, 0.15) is 6.20 Å². The Kier molecular flexibility index (Phi) is 6.43. The highest BCUT2D eigenvalue weighted by Gasteiger charge is 2.43. The van der Waals surface area contributed by atoms with Gasteiger partial charge in [-0.05, 0) is 6.42 Å². The molecule has 9 heteroatoms. The first-order chi connectivity index (χ1) is 9.43. The van der Waals surface area contributed by atoms with Crippen LogP contribution in [0.5, 0.6) is 0 Å². The van der Waals surface area contributed by atoms with Crippen molar-refractivity contribution < 1.29 is 17.9 Å². The summed E-state index contributed by atoms with van der Waals surface area (Å²) in [5.41, 5.74) is 5.99. The van der Waals surface area contributed by atoms with Crippen LogP contribution in [0, 0.1) is 0 Å². The molecule has 0 aliphatic heterocycles. The summed E-state index contributed by atoms with van der Waals surface area (Å²) >= 11 is 1.39. The van der Waals surface area contributed by atoms with Crippen LogP contribution in [0.2, 0.25) is 0 Å². The summed E-state index contributed by atoms with van der Waals surface area (Å²) in [4.78, 5) is 0. The molecule has 1 heterocycles. The maximum atomic E-state index is 12.3. The summed E-state index contributed by atoms with van der Waals surface area (Å²) in [5.74, 6) is 0.861. The number of aromatic nitrogens is 2. The molecule has 5 nitrogen and oxygen atoms in total. The second-order valence-corrected chi connectivity index (χ2v) is 4.87. The molecule has 0 fully saturated rings. The van der Waals surface area contributed by atoms with Crippen molar-refractivity contribution in [2.45, 2.75) is 26.1 Å². The summed E-state index contributed by atoms with van der Waals surface area (Å²) in [6.07, 6.45) is 0.732. The standard InChI is InChI=1S/C11H14F3N5S/c1-2-3-6-20-10(15)18-16-7-9-4-5-19(17-8-9)11(12,13)14/h4-5,7-8,15H,2-3,6H2,1H3/p+1. The smallest absolute Gasteiger partial charge is 0.377 e. The van der Waals surface area contributed by atoms with Gasteiger partial charge in [-0.1, -0.05) is 25.1 Å². The summed E-state index contributed by atoms with van der Waals surface area (Å²) < 4.78 is 36.7. The van der Waals surface area contributed by atoms with Gasteiger partial charge >= 0.3 is 6.30 Å². The van der Waals surface area contributed by atoms with Gasteiger partial charge in [-0.2, -0.15) is 5.10 Å². The van der Waals surface area contributed by atoms with Crippen LogP contribution >= 0.6 is 11.8 Å². The number of amidine groups is 1. The van der Waals surface area contributed by atoms with Crippen molar-refractivity contribution >= 4 is 23.1 Å². The summed E-state index contributed by atoms with van der Waals surface area (Å²) in [6, 6.07) is 1.24. The number of hydrogen-bond donors (Lipinski definition) is 1. The average molecular weight is 306 g/mol. The minimum atomic E-state index is -4.52. The van der Waals surface area contributed by atoms with Gasteiger partial charge in [0.25, 0.3) is 0 Å². The van der Waals surface area contributed by atoms with E-state index in [9.17, 15) is 13.2 Å². The molecule has 0 aliphatic rings. The Balaban J connectivity index is 2.56. The maximum absolute atomic E-state index is 12.3. The van der Waals surface area contributed by atoms with E-state index in [2.05, 4.69) is 22.2 Å². The van der Waals surface area contributed by atoms with Crippen LogP contribution in [0.3, 0.4) is 0 Å². The number of nitrogens with zero attached hydrogens (tertiary/aromatic N) is 4. The molecular weight excluding hydrogens is 291 g/mol. The zero-order chi connectivity index (χ0) is 15.0. The number of nitrogens with two attached hydrogens (primary N) is 1. The third-order valence-electron chi connectivity index (χ3n) is 2.11. The first kappa shape index (κ1) is 16.4. The number of thioether (sulfide) groups is 1. The topological polar surface area (TPSA) is 67.5 Å². The lowest BCUT2D eigenvalue weighted by molar-refractivity contribution is -0.896. The Bertz CT molecular complexity index is 470. The van der Waals surface area contributed by atoms with E-state index in [-0.39, 0.29) is 4.68 Å². The third-order valence-corrected chi connectivity index (χ3v) is 2.98. The van der Waals surface area contributed by atoms with Gasteiger partial charge in [-0.3, -0.25) is 0 Å². The van der Waals surface area contributed by atoms with Gasteiger partial charge in [0.05, 0.1) is 6.21 Å². The van der Waals surface area contributed by atoms with E-state index >= 15 is 0 Å². The maximum Gasteiger partial charge on any atom is 0.662 e. The van der Waals surface area contributed by atoms with Crippen LogP contribution in [-0.2, 0) is 6.30 Å². The fourth-order valence-electron chi connectivity index (χ4n) is 1.10. The average Bonchev–Trinajstić information content (AvgIpc) is 2.38. The molecule has 20 heavy (non-hydrogen) atoms. The number of rotatable bonds is 5. The van der Waals surface area contributed by atoms with Crippen LogP contribution in [0.1, 0.15) is 25.3 Å². The zero-order valence-corrected chi connectivity index (χ0v) is 11.7. The van der Waals surface area contributed by atoms with Gasteiger partial charge in [0, 0.05) is 27.2 Å². The Morgan fingerprint density at radius 1 is 1.55 bits per heavy atom. The molecule has 0 aromatic carbocycles. The minimum Gasteiger partial charge on any atom is -0.377 e. The minimum absolute atomic E-state index is 0.0947. The molecule has 0 saturated carbocycles. The highest BCUT2D eigenvalue weighted by Crippen LogP contribution is 2.11. The lowest BCUT2D eigenvalue weighted by atomic mass is 10.3. The molecule has 0 spiro atoms. The van der Waals surface area contributed by atoms with E-state index in [4.69, 9.17) is 5.73 Å². The Labute approximate surface area is 118 Å². The first-order valence-electron chi connectivity index (χ1n) is 5.88. The molecule has 110 valence electrons. The van der Waals surface area contributed by atoms with Crippen molar-refractivity contribution in [3.63, 3.8) is 0 Å². The summed E-state index contributed by atoms with van der Waals surface area (Å²) in [6.45, 7) is 2.07. The molecule has 0 saturated heterocycles. The van der Waals surface area contributed by atoms with E-state index in [1.54, 1.807) is 0 Å². The molecule has 0 atom stereocenters. The molecule has 1 rings (SSSR count). The van der Waals surface area contributed by atoms with Crippen molar-refractivity contribution in [1.29, 1.82) is 0 Å². The van der Waals surface area contributed by atoms with Crippen LogP contribution in [0.25, 0.3) is 0 Å². The molecule has 0 radical (unpaired) electrons. The Morgan fingerprint density at radius 3 is 2.85 bits per heavy atom. The van der Waals surface area contributed by atoms with E-state index in [1.807, 2.05) is 0 Å². The fraction of sp³-hybridized carbons (Fsp3) is 0.455. The Morgan fingerprint density at radius 2 is 2.30 bits per heavy atom. The molecule has 2 N–H and O–H groups in total. The second kappa shape index (κ2) is 7.83. The lowest BCUT2D eigenvalue weighted by Crippen LogP contribution is -2.50. The van der Waals surface area contributed by atoms with Crippen LogP contribution < -0.4 is 10.4 Å². The van der Waals surface area contributed by atoms with E-state index in [0.29, 0.717) is 10.7 Å². The summed E-state index contributed by atoms with van der Waals surface area (Å²) in [7, 11) is 0. The van der Waals surface area contributed by atoms with Crippen molar-refractivity contribution in [3.8, 4) is 0 Å². The van der Waals surface area contributed by atoms with Crippen LogP contribution in [0.15, 0.2) is 28.7 Å². The number of halogens is 3. The number of unbranched alkanes of at least 4 members (excludes halogenated alkanes) is 1. The van der Waals surface area contributed by atoms with Crippen LogP contribution in [0.4, 0.5) is 13.2 Å². The molecular formula is C11H15F3N5S+. The number of alkyl halides is 3. The normalized spacial score (nSPS) is 13.1. The monoisotopic (exact) mass is 306 g/mol. The highest BCUT2D eigenvalue weighted by molar-refractivity contribution is 8.13. The molecule has 0 aliphatic carbocycles. The van der Waals surface area contributed by atoms with Crippen molar-refractivity contribution in [2.24, 2.45) is 15.9 Å². The van der Waals surface area contributed by atoms with Crippen molar-refractivity contribution in [1.82, 2.24) is 5.10 Å². The fourth-order valence-corrected chi connectivity index (χ4v) is 1.84. The predicted octanol–water partition coefficient (Wildman–Crippen LogP) is 2.03. The molecule has 1 aromatic heterocycles. The van der Waals surface area contributed by atoms with Crippen LogP contribution in [-0.4, -0.2) is 22.2 Å². The molecule has 1 aromatic rings. The van der Waals surface area contributed by atoms with Gasteiger partial charge in [-0.25, -0.2) is 0 Å². The molecule has 0 unspecified atom stereocenters. The zero-order valence-electron chi connectivity index (χ0n) is 10.8. The second-order valence-electron chi connectivity index (χ2n) is 3.76. The Hall–Kier alpha value is -1.64. The largest absolute Gasteiger partial charge is 0.662 e.